The molecule has 0 bridgehead atoms. The summed E-state index contributed by atoms with van der Waals surface area (Å²) in [7, 11) is 1.47. The second-order valence-electron chi connectivity index (χ2n) is 7.00. The van der Waals surface area contributed by atoms with Gasteiger partial charge in [0.25, 0.3) is 5.91 Å². The summed E-state index contributed by atoms with van der Waals surface area (Å²) in [4.78, 5) is 26.7. The van der Waals surface area contributed by atoms with Crippen LogP contribution in [0.3, 0.4) is 0 Å². The second kappa shape index (κ2) is 9.90. The summed E-state index contributed by atoms with van der Waals surface area (Å²) < 4.78 is 18.8. The van der Waals surface area contributed by atoms with Crippen molar-refractivity contribution >= 4 is 24.2 Å². The molecule has 0 saturated carbocycles. The fourth-order valence-electron chi connectivity index (χ4n) is 3.71. The van der Waals surface area contributed by atoms with Crippen LogP contribution in [-0.2, 0) is 4.79 Å². The fraction of sp³-hybridized carbons (Fsp3) is 0.579. The van der Waals surface area contributed by atoms with Gasteiger partial charge in [-0.3, -0.25) is 9.59 Å². The van der Waals surface area contributed by atoms with Gasteiger partial charge in [0, 0.05) is 19.6 Å². The normalized spacial score (nSPS) is 22.1. The van der Waals surface area contributed by atoms with E-state index in [0.29, 0.717) is 25.4 Å². The van der Waals surface area contributed by atoms with E-state index < -0.39 is 5.82 Å². The first-order valence-corrected chi connectivity index (χ1v) is 9.22. The lowest BCUT2D eigenvalue weighted by Gasteiger charge is -2.33. The molecule has 150 valence electrons. The van der Waals surface area contributed by atoms with Gasteiger partial charge in [0.1, 0.15) is 11.6 Å². The summed E-state index contributed by atoms with van der Waals surface area (Å²) in [5.74, 6) is -0.0663. The van der Waals surface area contributed by atoms with Gasteiger partial charge in [0.2, 0.25) is 5.91 Å². The fourth-order valence-corrected chi connectivity index (χ4v) is 3.71. The first kappa shape index (κ1) is 21.4. The standard InChI is InChI=1S/C19H26FN3O3.ClH/c1-26-17-7-6-14(20)10-15(17)19(25)23-9-3-4-13(12-23)11-22-18(24)16-5-2-8-21-16;/h6-7,10,13,16,21H,2-5,8-9,11-12H2,1H3,(H,22,24);1H. The van der Waals surface area contributed by atoms with Crippen LogP contribution in [0.1, 0.15) is 36.0 Å². The van der Waals surface area contributed by atoms with Gasteiger partial charge in [0.05, 0.1) is 18.7 Å². The van der Waals surface area contributed by atoms with Crippen molar-refractivity contribution < 1.29 is 18.7 Å². The molecule has 0 radical (unpaired) electrons. The molecule has 1 aromatic carbocycles. The summed E-state index contributed by atoms with van der Waals surface area (Å²) in [5.41, 5.74) is 0.243. The third-order valence-electron chi connectivity index (χ3n) is 5.14. The Morgan fingerprint density at radius 3 is 2.85 bits per heavy atom. The molecule has 2 aliphatic heterocycles. The van der Waals surface area contributed by atoms with Crippen molar-refractivity contribution in [3.63, 3.8) is 0 Å². The molecule has 2 saturated heterocycles. The van der Waals surface area contributed by atoms with Gasteiger partial charge >= 0.3 is 0 Å². The maximum absolute atomic E-state index is 13.6. The van der Waals surface area contributed by atoms with E-state index in [9.17, 15) is 14.0 Å². The van der Waals surface area contributed by atoms with E-state index >= 15 is 0 Å². The molecule has 2 N–H and O–H groups in total. The van der Waals surface area contributed by atoms with E-state index in [1.165, 1.54) is 25.3 Å². The SMILES string of the molecule is COc1ccc(F)cc1C(=O)N1CCCC(CNC(=O)C2CCCN2)C1.Cl. The molecule has 0 aliphatic carbocycles. The van der Waals surface area contributed by atoms with Crippen LogP contribution < -0.4 is 15.4 Å². The van der Waals surface area contributed by atoms with Crippen molar-refractivity contribution in [2.75, 3.05) is 33.3 Å². The molecule has 2 atom stereocenters. The Hall–Kier alpha value is -1.86. The number of hydrogen-bond acceptors (Lipinski definition) is 4. The highest BCUT2D eigenvalue weighted by Gasteiger charge is 2.28. The Morgan fingerprint density at radius 1 is 1.33 bits per heavy atom. The minimum Gasteiger partial charge on any atom is -0.496 e. The molecule has 8 heteroatoms. The number of hydrogen-bond donors (Lipinski definition) is 2. The topological polar surface area (TPSA) is 70.7 Å². The zero-order chi connectivity index (χ0) is 18.5. The Bertz CT molecular complexity index is 668. The van der Waals surface area contributed by atoms with E-state index in [1.807, 2.05) is 0 Å². The lowest BCUT2D eigenvalue weighted by atomic mass is 9.97. The maximum Gasteiger partial charge on any atom is 0.257 e. The largest absolute Gasteiger partial charge is 0.496 e. The number of amides is 2. The van der Waals surface area contributed by atoms with Crippen LogP contribution in [0.4, 0.5) is 4.39 Å². The monoisotopic (exact) mass is 399 g/mol. The van der Waals surface area contributed by atoms with Crippen LogP contribution in [0, 0.1) is 11.7 Å². The lowest BCUT2D eigenvalue weighted by molar-refractivity contribution is -0.123. The number of nitrogens with zero attached hydrogens (tertiary/aromatic N) is 1. The van der Waals surface area contributed by atoms with Crippen molar-refractivity contribution in [2.45, 2.75) is 31.7 Å². The van der Waals surface area contributed by atoms with Crippen LogP contribution in [0.5, 0.6) is 5.75 Å². The summed E-state index contributed by atoms with van der Waals surface area (Å²) in [6.07, 6.45) is 3.73. The molecule has 2 fully saturated rings. The molecular weight excluding hydrogens is 373 g/mol. The van der Waals surface area contributed by atoms with Crippen LogP contribution in [0.15, 0.2) is 18.2 Å². The smallest absolute Gasteiger partial charge is 0.257 e. The third-order valence-corrected chi connectivity index (χ3v) is 5.14. The minimum absolute atomic E-state index is 0. The van der Waals surface area contributed by atoms with E-state index in [-0.39, 0.29) is 41.7 Å². The first-order chi connectivity index (χ1) is 12.6. The average molecular weight is 400 g/mol. The molecule has 1 aromatic rings. The van der Waals surface area contributed by atoms with Gasteiger partial charge in [-0.05, 0) is 56.3 Å². The van der Waals surface area contributed by atoms with Crippen molar-refractivity contribution in [1.29, 1.82) is 0 Å². The van der Waals surface area contributed by atoms with Crippen molar-refractivity contribution in [2.24, 2.45) is 5.92 Å². The number of ether oxygens (including phenoxy) is 1. The second-order valence-corrected chi connectivity index (χ2v) is 7.00. The molecule has 27 heavy (non-hydrogen) atoms. The number of likely N-dealkylation sites (tertiary alicyclic amines) is 1. The number of carbonyl (C=O) groups excluding carboxylic acids is 2. The van der Waals surface area contributed by atoms with Crippen molar-refractivity contribution in [1.82, 2.24) is 15.5 Å². The van der Waals surface area contributed by atoms with Crippen molar-refractivity contribution in [3.8, 4) is 5.75 Å². The van der Waals surface area contributed by atoms with Crippen LogP contribution in [0.2, 0.25) is 0 Å². The quantitative estimate of drug-likeness (QED) is 0.794. The third kappa shape index (κ3) is 5.32. The van der Waals surface area contributed by atoms with Crippen molar-refractivity contribution in [3.05, 3.63) is 29.6 Å². The molecule has 2 amide bonds. The van der Waals surface area contributed by atoms with Gasteiger partial charge in [-0.2, -0.15) is 0 Å². The number of carbonyl (C=O) groups is 2. The molecule has 2 unspecified atom stereocenters. The number of benzene rings is 1. The molecule has 0 aromatic heterocycles. The predicted octanol–water partition coefficient (Wildman–Crippen LogP) is 1.98. The number of rotatable bonds is 5. The minimum atomic E-state index is -0.459. The van der Waals surface area contributed by atoms with Gasteiger partial charge in [-0.25, -0.2) is 4.39 Å². The van der Waals surface area contributed by atoms with E-state index in [0.717, 1.165) is 32.2 Å². The average Bonchev–Trinajstić information content (AvgIpc) is 3.20. The summed E-state index contributed by atoms with van der Waals surface area (Å²) >= 11 is 0. The Morgan fingerprint density at radius 2 is 2.15 bits per heavy atom. The van der Waals surface area contributed by atoms with Gasteiger partial charge < -0.3 is 20.3 Å². The van der Waals surface area contributed by atoms with Gasteiger partial charge in [0.15, 0.2) is 0 Å². The number of methoxy groups -OCH3 is 1. The molecule has 6 nitrogen and oxygen atoms in total. The predicted molar refractivity (Wildman–Crippen MR) is 103 cm³/mol. The Balaban J connectivity index is 0.00000261. The number of nitrogens with one attached hydrogen (secondary N) is 2. The van der Waals surface area contributed by atoms with Gasteiger partial charge in [-0.1, -0.05) is 0 Å². The van der Waals surface area contributed by atoms with E-state index in [4.69, 9.17) is 4.74 Å². The number of halogens is 2. The summed E-state index contributed by atoms with van der Waals surface area (Å²) in [5, 5.41) is 6.19. The first-order valence-electron chi connectivity index (χ1n) is 9.22. The highest BCUT2D eigenvalue weighted by atomic mass is 35.5. The highest BCUT2D eigenvalue weighted by molar-refractivity contribution is 5.97. The molecule has 2 aliphatic rings. The molecule has 0 spiro atoms. The molecule has 3 rings (SSSR count). The maximum atomic E-state index is 13.6. The zero-order valence-electron chi connectivity index (χ0n) is 15.5. The zero-order valence-corrected chi connectivity index (χ0v) is 16.3. The van der Waals surface area contributed by atoms with Crippen LogP contribution >= 0.6 is 12.4 Å². The molecule has 2 heterocycles. The lowest BCUT2D eigenvalue weighted by Crippen LogP contribution is -2.46. The Labute approximate surface area is 165 Å². The summed E-state index contributed by atoms with van der Waals surface area (Å²) in [6, 6.07) is 3.88. The number of piperidine rings is 1. The Kier molecular flexibility index (Phi) is 7.86. The summed E-state index contributed by atoms with van der Waals surface area (Å²) in [6.45, 7) is 2.63. The van der Waals surface area contributed by atoms with Crippen LogP contribution in [0.25, 0.3) is 0 Å². The van der Waals surface area contributed by atoms with E-state index in [1.54, 1.807) is 4.90 Å². The molecular formula is C19H27ClFN3O3. The van der Waals surface area contributed by atoms with E-state index in [2.05, 4.69) is 10.6 Å². The highest BCUT2D eigenvalue weighted by Crippen LogP contribution is 2.24. The van der Waals surface area contributed by atoms with Crippen LogP contribution in [-0.4, -0.2) is 56.0 Å². The van der Waals surface area contributed by atoms with Gasteiger partial charge in [-0.15, -0.1) is 12.4 Å².